The van der Waals surface area contributed by atoms with Crippen LogP contribution in [0.5, 0.6) is 5.75 Å². The van der Waals surface area contributed by atoms with Crippen LogP contribution < -0.4 is 21.3 Å². The number of aromatic amines is 1. The van der Waals surface area contributed by atoms with E-state index < -0.39 is 11.2 Å². The van der Waals surface area contributed by atoms with Crippen molar-refractivity contribution in [2.24, 2.45) is 0 Å². The Hall–Kier alpha value is -2.48. The second-order valence-electron chi connectivity index (χ2n) is 5.27. The van der Waals surface area contributed by atoms with Gasteiger partial charge in [0, 0.05) is 6.07 Å². The minimum absolute atomic E-state index is 0.128. The first-order chi connectivity index (χ1) is 11.4. The summed E-state index contributed by atoms with van der Waals surface area (Å²) in [6, 6.07) is 7.89. The van der Waals surface area contributed by atoms with E-state index >= 15 is 0 Å². The van der Waals surface area contributed by atoms with Crippen molar-refractivity contribution >= 4 is 23.5 Å². The van der Waals surface area contributed by atoms with E-state index in [4.69, 9.17) is 4.74 Å². The van der Waals surface area contributed by atoms with Gasteiger partial charge in [0.15, 0.2) is 0 Å². The van der Waals surface area contributed by atoms with E-state index in [2.05, 4.69) is 10.3 Å². The van der Waals surface area contributed by atoms with Crippen LogP contribution in [0.25, 0.3) is 5.69 Å². The Labute approximate surface area is 143 Å². The van der Waals surface area contributed by atoms with Crippen molar-refractivity contribution in [1.82, 2.24) is 9.55 Å². The molecule has 128 valence electrons. The fraction of sp³-hybridized carbons (Fsp3) is 0.312. The summed E-state index contributed by atoms with van der Waals surface area (Å²) in [5.74, 6) is 0.723. The SMILES string of the molecule is COc1ccc(-n2c(NC(=O)CSC(C)C)cc(=O)[nH]c2=O)cc1. The zero-order valence-corrected chi connectivity index (χ0v) is 14.5. The molecule has 0 aliphatic rings. The summed E-state index contributed by atoms with van der Waals surface area (Å²) in [7, 11) is 1.54. The summed E-state index contributed by atoms with van der Waals surface area (Å²) in [4.78, 5) is 38.0. The number of nitrogens with zero attached hydrogens (tertiary/aromatic N) is 1. The van der Waals surface area contributed by atoms with E-state index in [1.165, 1.54) is 22.4 Å². The van der Waals surface area contributed by atoms with Crippen LogP contribution in [0.1, 0.15) is 13.8 Å². The van der Waals surface area contributed by atoms with Crippen molar-refractivity contribution in [3.63, 3.8) is 0 Å². The monoisotopic (exact) mass is 349 g/mol. The molecule has 1 aromatic heterocycles. The lowest BCUT2D eigenvalue weighted by Gasteiger charge is -2.13. The van der Waals surface area contributed by atoms with Gasteiger partial charge < -0.3 is 10.1 Å². The highest BCUT2D eigenvalue weighted by atomic mass is 32.2. The van der Waals surface area contributed by atoms with E-state index in [1.54, 1.807) is 31.4 Å². The van der Waals surface area contributed by atoms with Crippen LogP contribution in [0, 0.1) is 0 Å². The van der Waals surface area contributed by atoms with Gasteiger partial charge in [-0.25, -0.2) is 9.36 Å². The molecule has 0 atom stereocenters. The highest BCUT2D eigenvalue weighted by molar-refractivity contribution is 8.00. The Kier molecular flexibility index (Phi) is 5.86. The van der Waals surface area contributed by atoms with Gasteiger partial charge in [-0.3, -0.25) is 14.6 Å². The maximum absolute atomic E-state index is 12.2. The van der Waals surface area contributed by atoms with Crippen molar-refractivity contribution in [3.05, 3.63) is 51.2 Å². The summed E-state index contributed by atoms with van der Waals surface area (Å²) in [5.41, 5.74) is -0.695. The van der Waals surface area contributed by atoms with Crippen LogP contribution in [-0.4, -0.2) is 33.6 Å². The lowest BCUT2D eigenvalue weighted by Crippen LogP contribution is -2.32. The third-order valence-electron chi connectivity index (χ3n) is 3.09. The van der Waals surface area contributed by atoms with Crippen LogP contribution in [-0.2, 0) is 4.79 Å². The van der Waals surface area contributed by atoms with Crippen LogP contribution in [0.2, 0.25) is 0 Å². The maximum Gasteiger partial charge on any atom is 0.334 e. The highest BCUT2D eigenvalue weighted by Crippen LogP contribution is 2.17. The van der Waals surface area contributed by atoms with Gasteiger partial charge in [-0.05, 0) is 29.5 Å². The quantitative estimate of drug-likeness (QED) is 0.826. The number of aromatic nitrogens is 2. The summed E-state index contributed by atoms with van der Waals surface area (Å²) in [6.07, 6.45) is 0. The number of methoxy groups -OCH3 is 1. The number of thioether (sulfide) groups is 1. The third-order valence-corrected chi connectivity index (χ3v) is 4.18. The number of ether oxygens (including phenoxy) is 1. The number of hydrogen-bond donors (Lipinski definition) is 2. The lowest BCUT2D eigenvalue weighted by atomic mass is 10.3. The molecule has 1 heterocycles. The number of anilines is 1. The summed E-state index contributed by atoms with van der Waals surface area (Å²) >= 11 is 1.47. The first-order valence-electron chi connectivity index (χ1n) is 7.33. The molecule has 0 spiro atoms. The van der Waals surface area contributed by atoms with Gasteiger partial charge in [-0.1, -0.05) is 13.8 Å². The standard InChI is InChI=1S/C16H19N3O4S/c1-10(2)24-9-15(21)17-13-8-14(20)18-16(22)19(13)11-4-6-12(23-3)7-5-11/h4-8,10H,9H2,1-3H3,(H,17,21)(H,18,20,22). The van der Waals surface area contributed by atoms with Gasteiger partial charge >= 0.3 is 5.69 Å². The average Bonchev–Trinajstić information content (AvgIpc) is 2.53. The molecule has 7 nitrogen and oxygen atoms in total. The second-order valence-corrected chi connectivity index (χ2v) is 6.83. The fourth-order valence-corrected chi connectivity index (χ4v) is 2.55. The zero-order chi connectivity index (χ0) is 17.7. The molecule has 0 saturated heterocycles. The van der Waals surface area contributed by atoms with Crippen LogP contribution in [0.4, 0.5) is 5.82 Å². The number of amides is 1. The molecule has 24 heavy (non-hydrogen) atoms. The maximum atomic E-state index is 12.2. The van der Waals surface area contributed by atoms with Gasteiger partial charge in [0.2, 0.25) is 5.91 Å². The largest absolute Gasteiger partial charge is 0.497 e. The average molecular weight is 349 g/mol. The van der Waals surface area contributed by atoms with Crippen molar-refractivity contribution in [1.29, 1.82) is 0 Å². The predicted molar refractivity (Wildman–Crippen MR) is 95.4 cm³/mol. The molecule has 1 aromatic carbocycles. The molecule has 0 fully saturated rings. The topological polar surface area (TPSA) is 93.2 Å². The van der Waals surface area contributed by atoms with E-state index in [0.29, 0.717) is 16.7 Å². The van der Waals surface area contributed by atoms with Crippen LogP contribution >= 0.6 is 11.8 Å². The lowest BCUT2D eigenvalue weighted by molar-refractivity contribution is -0.113. The predicted octanol–water partition coefficient (Wildman–Crippen LogP) is 1.61. The summed E-state index contributed by atoms with van der Waals surface area (Å²) in [5, 5.41) is 2.93. The first-order valence-corrected chi connectivity index (χ1v) is 8.38. The number of rotatable bonds is 6. The Morgan fingerprint density at radius 1 is 1.29 bits per heavy atom. The second kappa shape index (κ2) is 7.87. The normalized spacial score (nSPS) is 10.7. The smallest absolute Gasteiger partial charge is 0.334 e. The number of carbonyl (C=O) groups excluding carboxylic acids is 1. The number of carbonyl (C=O) groups is 1. The number of nitrogens with one attached hydrogen (secondary N) is 2. The molecule has 0 aliphatic heterocycles. The summed E-state index contributed by atoms with van der Waals surface area (Å²) < 4.78 is 6.32. The highest BCUT2D eigenvalue weighted by Gasteiger charge is 2.12. The molecular formula is C16H19N3O4S. The number of H-pyrrole nitrogens is 1. The summed E-state index contributed by atoms with van der Waals surface area (Å²) in [6.45, 7) is 3.97. The zero-order valence-electron chi connectivity index (χ0n) is 13.7. The molecule has 0 bridgehead atoms. The first kappa shape index (κ1) is 17.9. The van der Waals surface area contributed by atoms with Crippen LogP contribution in [0.15, 0.2) is 39.9 Å². The molecule has 2 N–H and O–H groups in total. The molecule has 2 aromatic rings. The minimum Gasteiger partial charge on any atom is -0.497 e. The number of benzene rings is 1. The Balaban J connectivity index is 2.38. The Bertz CT molecular complexity index is 824. The minimum atomic E-state index is -0.625. The van der Waals surface area contributed by atoms with E-state index in [1.807, 2.05) is 13.8 Å². The molecule has 0 unspecified atom stereocenters. The van der Waals surface area contributed by atoms with Crippen LogP contribution in [0.3, 0.4) is 0 Å². The fourth-order valence-electron chi connectivity index (χ4n) is 2.00. The van der Waals surface area contributed by atoms with E-state index in [9.17, 15) is 14.4 Å². The van der Waals surface area contributed by atoms with Crippen molar-refractivity contribution in [2.45, 2.75) is 19.1 Å². The van der Waals surface area contributed by atoms with Gasteiger partial charge in [0.05, 0.1) is 18.6 Å². The van der Waals surface area contributed by atoms with Crippen molar-refractivity contribution in [3.8, 4) is 11.4 Å². The van der Waals surface area contributed by atoms with Gasteiger partial charge in [0.25, 0.3) is 5.56 Å². The molecule has 2 rings (SSSR count). The van der Waals surface area contributed by atoms with Gasteiger partial charge in [-0.2, -0.15) is 0 Å². The molecule has 0 aliphatic carbocycles. The molecule has 0 radical (unpaired) electrons. The van der Waals surface area contributed by atoms with E-state index in [-0.39, 0.29) is 17.5 Å². The van der Waals surface area contributed by atoms with Gasteiger partial charge in [0.1, 0.15) is 11.6 Å². The van der Waals surface area contributed by atoms with Gasteiger partial charge in [-0.15, -0.1) is 11.8 Å². The molecule has 8 heteroatoms. The Morgan fingerprint density at radius 2 is 1.96 bits per heavy atom. The van der Waals surface area contributed by atoms with E-state index in [0.717, 1.165) is 0 Å². The molecule has 1 amide bonds. The third kappa shape index (κ3) is 4.51. The number of hydrogen-bond acceptors (Lipinski definition) is 5. The van der Waals surface area contributed by atoms with Crippen molar-refractivity contribution < 1.29 is 9.53 Å². The molecular weight excluding hydrogens is 330 g/mol. The van der Waals surface area contributed by atoms with Crippen molar-refractivity contribution in [2.75, 3.05) is 18.2 Å². The Morgan fingerprint density at radius 3 is 2.54 bits per heavy atom. The molecule has 0 saturated carbocycles.